The molecule has 0 aliphatic carbocycles. The van der Waals surface area contributed by atoms with E-state index in [4.69, 9.17) is 11.6 Å². The van der Waals surface area contributed by atoms with Crippen LogP contribution in [0.3, 0.4) is 0 Å². The number of nitrogens with zero attached hydrogens (tertiary/aromatic N) is 3. The number of anilines is 2. The molecule has 4 aromatic rings. The molecule has 3 aliphatic heterocycles. The number of aryl methyl sites for hydroxylation is 1. The Labute approximate surface area is 304 Å². The first-order valence-electron chi connectivity index (χ1n) is 17.8. The van der Waals surface area contributed by atoms with Crippen LogP contribution >= 0.6 is 11.6 Å². The monoisotopic (exact) mass is 735 g/mol. The zero-order valence-electron chi connectivity index (χ0n) is 28.8. The van der Waals surface area contributed by atoms with Crippen molar-refractivity contribution in [2.24, 2.45) is 18.9 Å². The average Bonchev–Trinajstić information content (AvgIpc) is 3.12. The predicted octanol–water partition coefficient (Wildman–Crippen LogP) is 7.10. The molecule has 1 unspecified atom stereocenters. The average molecular weight is 736 g/mol. The number of nitrogens with one attached hydrogen (secondary N) is 2. The lowest BCUT2D eigenvalue weighted by Crippen LogP contribution is -2.47. The number of imide groups is 1. The number of ether oxygens (including phenoxy) is 1. The van der Waals surface area contributed by atoms with Gasteiger partial charge in [-0.15, -0.1) is 13.2 Å². The zero-order valence-corrected chi connectivity index (χ0v) is 29.6. The second-order valence-electron chi connectivity index (χ2n) is 14.1. The van der Waals surface area contributed by atoms with Gasteiger partial charge in [0.25, 0.3) is 5.56 Å². The molecule has 9 nitrogen and oxygen atoms in total. The number of benzene rings is 3. The highest BCUT2D eigenvalue weighted by atomic mass is 35.5. The summed E-state index contributed by atoms with van der Waals surface area (Å²) in [7, 11) is 1.63. The Kier molecular flexibility index (Phi) is 10.2. The lowest BCUT2D eigenvalue weighted by molar-refractivity contribution is -0.275. The summed E-state index contributed by atoms with van der Waals surface area (Å²) < 4.78 is 46.9. The number of amides is 2. The van der Waals surface area contributed by atoms with Gasteiger partial charge in [-0.05, 0) is 98.3 Å². The van der Waals surface area contributed by atoms with E-state index in [1.807, 2.05) is 18.2 Å². The van der Waals surface area contributed by atoms with E-state index in [-0.39, 0.29) is 23.1 Å². The first-order valence-corrected chi connectivity index (χ1v) is 18.1. The Hall–Kier alpha value is -4.55. The van der Waals surface area contributed by atoms with Crippen LogP contribution in [0.15, 0.2) is 71.7 Å². The summed E-state index contributed by atoms with van der Waals surface area (Å²) in [4.78, 5) is 40.8. The van der Waals surface area contributed by atoms with Crippen molar-refractivity contribution in [3.63, 3.8) is 0 Å². The molecule has 0 radical (unpaired) electrons. The van der Waals surface area contributed by atoms with E-state index in [9.17, 15) is 27.6 Å². The maximum absolute atomic E-state index is 13.6. The van der Waals surface area contributed by atoms with E-state index in [1.165, 1.54) is 10.6 Å². The summed E-state index contributed by atoms with van der Waals surface area (Å²) in [5.41, 5.74) is 3.18. The molecule has 13 heteroatoms. The predicted molar refractivity (Wildman–Crippen MR) is 195 cm³/mol. The quantitative estimate of drug-likeness (QED) is 0.187. The molecule has 3 aliphatic rings. The largest absolute Gasteiger partial charge is 0.573 e. The minimum absolute atomic E-state index is 0.172. The fraction of sp³-hybridized carbons (Fsp3) is 0.410. The highest BCUT2D eigenvalue weighted by molar-refractivity contribution is 6.33. The van der Waals surface area contributed by atoms with Gasteiger partial charge in [0.1, 0.15) is 11.8 Å². The van der Waals surface area contributed by atoms with Gasteiger partial charge in [0.15, 0.2) is 0 Å². The Balaban J connectivity index is 0.957. The smallest absolute Gasteiger partial charge is 0.405 e. The van der Waals surface area contributed by atoms with E-state index in [0.717, 1.165) is 63.2 Å². The van der Waals surface area contributed by atoms with Crippen LogP contribution in [0.5, 0.6) is 5.75 Å². The van der Waals surface area contributed by atoms with Gasteiger partial charge < -0.3 is 19.5 Å². The van der Waals surface area contributed by atoms with Crippen molar-refractivity contribution >= 4 is 45.6 Å². The van der Waals surface area contributed by atoms with E-state index in [1.54, 1.807) is 49.6 Å². The van der Waals surface area contributed by atoms with Crippen LogP contribution in [0.4, 0.5) is 24.5 Å². The van der Waals surface area contributed by atoms with E-state index in [2.05, 4.69) is 25.2 Å². The zero-order chi connectivity index (χ0) is 36.6. The van der Waals surface area contributed by atoms with Gasteiger partial charge in [0, 0.05) is 61.5 Å². The molecule has 2 amide bonds. The highest BCUT2D eigenvalue weighted by Gasteiger charge is 2.34. The lowest BCUT2D eigenvalue weighted by Gasteiger charge is -2.41. The first kappa shape index (κ1) is 35.8. The number of alkyl halides is 3. The van der Waals surface area contributed by atoms with Gasteiger partial charge in [-0.1, -0.05) is 41.9 Å². The molecule has 274 valence electrons. The fourth-order valence-electron chi connectivity index (χ4n) is 8.04. The summed E-state index contributed by atoms with van der Waals surface area (Å²) in [6, 6.07) is 17.3. The Bertz CT molecular complexity index is 2040. The normalized spacial score (nSPS) is 19.6. The van der Waals surface area contributed by atoms with Crippen LogP contribution in [0.2, 0.25) is 5.02 Å². The molecule has 7 rings (SSSR count). The van der Waals surface area contributed by atoms with Crippen molar-refractivity contribution in [3.8, 4) is 16.9 Å². The molecule has 0 spiro atoms. The topological polar surface area (TPSA) is 95.9 Å². The number of rotatable bonds is 8. The van der Waals surface area contributed by atoms with Crippen molar-refractivity contribution in [1.82, 2.24) is 14.8 Å². The summed E-state index contributed by atoms with van der Waals surface area (Å²) in [6.45, 7) is 3.67. The number of fused-ring (bicyclic) bond motifs is 1. The second-order valence-corrected chi connectivity index (χ2v) is 14.5. The minimum Gasteiger partial charge on any atom is -0.405 e. The van der Waals surface area contributed by atoms with Crippen molar-refractivity contribution in [2.75, 3.05) is 36.4 Å². The molecule has 3 fully saturated rings. The number of halogens is 4. The second kappa shape index (κ2) is 14.8. The molecular formula is C39H41ClF3N5O4. The van der Waals surface area contributed by atoms with E-state index < -0.39 is 12.4 Å². The Morgan fingerprint density at radius 2 is 1.58 bits per heavy atom. The van der Waals surface area contributed by atoms with Crippen molar-refractivity contribution in [1.29, 1.82) is 0 Å². The SMILES string of the molecule is Cn1cc(-c2ccc(CN3CCC(C4CCN(c5ccc(NC6CCC(=O)NC6=O)cc5Cl)CC4)CC3)c(OC(F)(F)F)c2)c2ccccc2c1=O. The summed E-state index contributed by atoms with van der Waals surface area (Å²) in [5, 5.41) is 7.32. The fourth-order valence-corrected chi connectivity index (χ4v) is 8.34. The Morgan fingerprint density at radius 3 is 2.25 bits per heavy atom. The number of carbonyl (C=O) groups is 2. The van der Waals surface area contributed by atoms with Gasteiger partial charge in [-0.3, -0.25) is 24.6 Å². The summed E-state index contributed by atoms with van der Waals surface area (Å²) >= 11 is 6.70. The lowest BCUT2D eigenvalue weighted by atomic mass is 9.78. The number of aromatic nitrogens is 1. The maximum atomic E-state index is 13.6. The summed E-state index contributed by atoms with van der Waals surface area (Å²) in [5.74, 6) is 0.295. The van der Waals surface area contributed by atoms with Gasteiger partial charge in [-0.25, -0.2) is 0 Å². The van der Waals surface area contributed by atoms with E-state index >= 15 is 0 Å². The third-order valence-corrected chi connectivity index (χ3v) is 11.1. The molecule has 52 heavy (non-hydrogen) atoms. The van der Waals surface area contributed by atoms with Crippen LogP contribution < -0.4 is 25.8 Å². The number of likely N-dealkylation sites (tertiary alicyclic amines) is 1. The molecular weight excluding hydrogens is 695 g/mol. The van der Waals surface area contributed by atoms with Gasteiger partial charge in [-0.2, -0.15) is 0 Å². The van der Waals surface area contributed by atoms with Gasteiger partial charge >= 0.3 is 6.36 Å². The molecule has 3 saturated heterocycles. The van der Waals surface area contributed by atoms with Gasteiger partial charge in [0.2, 0.25) is 11.8 Å². The molecule has 2 N–H and O–H groups in total. The Morgan fingerprint density at radius 1 is 0.885 bits per heavy atom. The van der Waals surface area contributed by atoms with Gasteiger partial charge in [0.05, 0.1) is 10.7 Å². The molecule has 0 saturated carbocycles. The van der Waals surface area contributed by atoms with E-state index in [0.29, 0.717) is 63.7 Å². The van der Waals surface area contributed by atoms with Crippen LogP contribution in [0.25, 0.3) is 21.9 Å². The molecule has 1 aromatic heterocycles. The van der Waals surface area contributed by atoms with Crippen LogP contribution in [0.1, 0.15) is 44.1 Å². The van der Waals surface area contributed by atoms with Crippen molar-refractivity contribution in [2.45, 2.75) is 57.5 Å². The number of pyridine rings is 1. The standard InChI is InChI=1S/C39H41ClF3N5O4/c1-46-23-31(29-4-2-3-5-30(29)38(46)51)26-6-7-27(35(20-26)52-39(41,42)43)22-47-16-12-24(13-17-47)25-14-18-48(19-15-25)34-10-8-28(21-32(34)40)44-33-9-11-36(49)45-37(33)50/h2-8,10,20-21,23-25,33,44H,9,11-19,22H2,1H3,(H,45,49,50). The molecule has 1 atom stereocenters. The molecule has 0 bridgehead atoms. The molecule has 4 heterocycles. The highest BCUT2D eigenvalue weighted by Crippen LogP contribution is 2.39. The first-order chi connectivity index (χ1) is 24.9. The summed E-state index contributed by atoms with van der Waals surface area (Å²) in [6.07, 6.45) is 1.56. The molecule has 3 aromatic carbocycles. The minimum atomic E-state index is -4.85. The van der Waals surface area contributed by atoms with Crippen molar-refractivity contribution in [3.05, 3.63) is 87.8 Å². The van der Waals surface area contributed by atoms with Crippen molar-refractivity contribution < 1.29 is 27.5 Å². The number of piperidine rings is 3. The number of hydrogen-bond donors (Lipinski definition) is 2. The number of hydrogen-bond acceptors (Lipinski definition) is 7. The maximum Gasteiger partial charge on any atom is 0.573 e. The van der Waals surface area contributed by atoms with Crippen LogP contribution in [-0.2, 0) is 23.2 Å². The van der Waals surface area contributed by atoms with Crippen LogP contribution in [0, 0.1) is 11.8 Å². The number of carbonyl (C=O) groups excluding carboxylic acids is 2. The third kappa shape index (κ3) is 7.92. The third-order valence-electron chi connectivity index (χ3n) is 10.8. The van der Waals surface area contributed by atoms with Crippen LogP contribution in [-0.4, -0.2) is 59.9 Å².